The van der Waals surface area contributed by atoms with Crippen LogP contribution in [0.4, 0.5) is 0 Å². The van der Waals surface area contributed by atoms with Crippen molar-refractivity contribution in [2.24, 2.45) is 0 Å². The molecule has 144 valence electrons. The average molecular weight is 380 g/mol. The highest BCUT2D eigenvalue weighted by molar-refractivity contribution is 5.58. The fraction of sp³-hybridized carbons (Fsp3) is 0.350. The van der Waals surface area contributed by atoms with Crippen molar-refractivity contribution in [1.29, 1.82) is 0 Å². The van der Waals surface area contributed by atoms with Gasteiger partial charge in [-0.2, -0.15) is 5.10 Å². The van der Waals surface area contributed by atoms with Crippen molar-refractivity contribution in [2.45, 2.75) is 18.8 Å². The molecule has 1 fully saturated rings. The lowest BCUT2D eigenvalue weighted by atomic mass is 10.00. The van der Waals surface area contributed by atoms with Crippen LogP contribution in [0.25, 0.3) is 17.1 Å². The van der Waals surface area contributed by atoms with Crippen molar-refractivity contribution in [2.75, 3.05) is 26.4 Å². The summed E-state index contributed by atoms with van der Waals surface area (Å²) in [6.07, 6.45) is 3.35. The Bertz CT molecular complexity index is 1050. The molecule has 0 bridgehead atoms. The van der Waals surface area contributed by atoms with Crippen LogP contribution in [0, 0.1) is 0 Å². The molecule has 0 unspecified atom stereocenters. The first-order chi connectivity index (χ1) is 13.8. The fourth-order valence-electron chi connectivity index (χ4n) is 3.57. The van der Waals surface area contributed by atoms with Crippen LogP contribution in [0.1, 0.15) is 24.6 Å². The summed E-state index contributed by atoms with van der Waals surface area (Å²) < 4.78 is 18.5. The second-order valence-electron chi connectivity index (χ2n) is 6.83. The summed E-state index contributed by atoms with van der Waals surface area (Å²) in [6.45, 7) is 2.44. The summed E-state index contributed by atoms with van der Waals surface area (Å²) in [5, 5.41) is 4.77. The maximum atomic E-state index is 12.4. The predicted molar refractivity (Wildman–Crippen MR) is 101 cm³/mol. The molecule has 0 spiro atoms. The van der Waals surface area contributed by atoms with Gasteiger partial charge in [0.15, 0.2) is 23.1 Å². The van der Waals surface area contributed by atoms with E-state index in [0.29, 0.717) is 49.3 Å². The van der Waals surface area contributed by atoms with Crippen LogP contribution in [0.2, 0.25) is 0 Å². The van der Waals surface area contributed by atoms with Gasteiger partial charge in [-0.1, -0.05) is 0 Å². The average Bonchev–Trinajstić information content (AvgIpc) is 3.19. The van der Waals surface area contributed by atoms with Gasteiger partial charge < -0.3 is 19.2 Å². The molecule has 4 heterocycles. The Labute approximate surface area is 161 Å². The van der Waals surface area contributed by atoms with Gasteiger partial charge >= 0.3 is 0 Å². The Morgan fingerprint density at radius 3 is 2.68 bits per heavy atom. The van der Waals surface area contributed by atoms with Crippen LogP contribution >= 0.6 is 0 Å². The van der Waals surface area contributed by atoms with Gasteiger partial charge in [0.1, 0.15) is 13.2 Å². The molecule has 0 aliphatic carbocycles. The summed E-state index contributed by atoms with van der Waals surface area (Å²) >= 11 is 0. The van der Waals surface area contributed by atoms with E-state index < -0.39 is 0 Å². The number of rotatable bonds is 3. The van der Waals surface area contributed by atoms with Crippen LogP contribution in [0.5, 0.6) is 11.5 Å². The molecule has 3 aromatic rings. The Balaban J connectivity index is 1.64. The molecule has 28 heavy (non-hydrogen) atoms. The Morgan fingerprint density at radius 2 is 1.86 bits per heavy atom. The molecule has 2 aromatic heterocycles. The zero-order valence-corrected chi connectivity index (χ0v) is 15.3. The van der Waals surface area contributed by atoms with Crippen molar-refractivity contribution in [1.82, 2.24) is 19.7 Å². The van der Waals surface area contributed by atoms with Crippen molar-refractivity contribution < 1.29 is 14.2 Å². The number of H-pyrrole nitrogens is 1. The molecule has 2 aliphatic heterocycles. The fourth-order valence-corrected chi connectivity index (χ4v) is 3.57. The molecular formula is C20H20N4O4. The van der Waals surface area contributed by atoms with Gasteiger partial charge in [0.2, 0.25) is 0 Å². The van der Waals surface area contributed by atoms with Gasteiger partial charge in [-0.15, -0.1) is 0 Å². The number of benzene rings is 1. The summed E-state index contributed by atoms with van der Waals surface area (Å²) in [5.41, 5.74) is 1.05. The third kappa shape index (κ3) is 3.05. The number of pyridine rings is 1. The number of aromatic nitrogens is 4. The maximum absolute atomic E-state index is 12.4. The topological polar surface area (TPSA) is 91.3 Å². The van der Waals surface area contributed by atoms with Gasteiger partial charge in [0.25, 0.3) is 5.56 Å². The van der Waals surface area contributed by atoms with Gasteiger partial charge in [0, 0.05) is 31.4 Å². The number of nitrogens with zero attached hydrogens (tertiary/aromatic N) is 3. The van der Waals surface area contributed by atoms with Crippen LogP contribution in [-0.4, -0.2) is 46.2 Å². The van der Waals surface area contributed by atoms with E-state index in [1.807, 2.05) is 18.2 Å². The smallest absolute Gasteiger partial charge is 0.259 e. The molecule has 0 saturated carbocycles. The van der Waals surface area contributed by atoms with E-state index in [2.05, 4.69) is 4.98 Å². The molecule has 0 radical (unpaired) electrons. The van der Waals surface area contributed by atoms with Gasteiger partial charge in [0.05, 0.1) is 11.3 Å². The number of aromatic amines is 1. The Hall–Kier alpha value is -3.13. The zero-order chi connectivity index (χ0) is 18.9. The summed E-state index contributed by atoms with van der Waals surface area (Å²) in [5.74, 6) is 2.84. The van der Waals surface area contributed by atoms with Crippen molar-refractivity contribution in [3.8, 4) is 28.6 Å². The second kappa shape index (κ2) is 7.12. The molecule has 1 N–H and O–H groups in total. The normalized spacial score (nSPS) is 16.9. The highest BCUT2D eigenvalue weighted by Gasteiger charge is 2.24. The third-order valence-electron chi connectivity index (χ3n) is 5.04. The third-order valence-corrected chi connectivity index (χ3v) is 5.04. The molecule has 2 aliphatic rings. The second-order valence-corrected chi connectivity index (χ2v) is 6.83. The molecule has 1 saturated heterocycles. The lowest BCUT2D eigenvalue weighted by Crippen LogP contribution is -2.16. The summed E-state index contributed by atoms with van der Waals surface area (Å²) in [7, 11) is 0. The molecule has 0 amide bonds. The quantitative estimate of drug-likeness (QED) is 0.750. The highest BCUT2D eigenvalue weighted by Crippen LogP contribution is 2.34. The Morgan fingerprint density at radius 1 is 1.04 bits per heavy atom. The maximum Gasteiger partial charge on any atom is 0.259 e. The number of hydrogen-bond donors (Lipinski definition) is 1. The van der Waals surface area contributed by atoms with Crippen LogP contribution in [0.15, 0.2) is 41.3 Å². The summed E-state index contributed by atoms with van der Waals surface area (Å²) in [6, 6.07) is 9.17. The van der Waals surface area contributed by atoms with Crippen LogP contribution in [-0.2, 0) is 4.74 Å². The van der Waals surface area contributed by atoms with E-state index >= 15 is 0 Å². The number of hydrogen-bond acceptors (Lipinski definition) is 6. The van der Waals surface area contributed by atoms with E-state index in [4.69, 9.17) is 24.3 Å². The van der Waals surface area contributed by atoms with E-state index in [1.54, 1.807) is 23.0 Å². The standard InChI is InChI=1S/C20H20N4O4/c25-20-15(2-1-7-21-20)19-22-18(13-5-8-26-9-6-13)23-24(19)14-3-4-16-17(12-14)28-11-10-27-16/h1-4,7,12-13H,5-6,8-11H2,(H,21,25). The number of nitrogens with one attached hydrogen (secondary N) is 1. The minimum atomic E-state index is -0.202. The first-order valence-electron chi connectivity index (χ1n) is 9.42. The van der Waals surface area contributed by atoms with E-state index in [-0.39, 0.29) is 11.5 Å². The van der Waals surface area contributed by atoms with Gasteiger partial charge in [-0.3, -0.25) is 4.79 Å². The van der Waals surface area contributed by atoms with Crippen LogP contribution in [0.3, 0.4) is 0 Å². The van der Waals surface area contributed by atoms with Crippen LogP contribution < -0.4 is 15.0 Å². The molecule has 1 aromatic carbocycles. The molecule has 8 heteroatoms. The number of fused-ring (bicyclic) bond motifs is 1. The number of ether oxygens (including phenoxy) is 3. The van der Waals surface area contributed by atoms with Crippen molar-refractivity contribution in [3.63, 3.8) is 0 Å². The van der Waals surface area contributed by atoms with Crippen molar-refractivity contribution >= 4 is 0 Å². The highest BCUT2D eigenvalue weighted by atomic mass is 16.6. The molecule has 5 rings (SSSR count). The minimum Gasteiger partial charge on any atom is -0.486 e. The minimum absolute atomic E-state index is 0.202. The lowest BCUT2D eigenvalue weighted by molar-refractivity contribution is 0.0836. The molecule has 0 atom stereocenters. The van der Waals surface area contributed by atoms with E-state index in [1.165, 1.54) is 0 Å². The van der Waals surface area contributed by atoms with Gasteiger partial charge in [-0.25, -0.2) is 9.67 Å². The Kier molecular flexibility index (Phi) is 4.32. The summed E-state index contributed by atoms with van der Waals surface area (Å²) in [4.78, 5) is 19.9. The van der Waals surface area contributed by atoms with Crippen molar-refractivity contribution in [3.05, 3.63) is 52.7 Å². The zero-order valence-electron chi connectivity index (χ0n) is 15.3. The molecular weight excluding hydrogens is 360 g/mol. The van der Waals surface area contributed by atoms with Gasteiger partial charge in [-0.05, 0) is 37.1 Å². The predicted octanol–water partition coefficient (Wildman–Crippen LogP) is 2.29. The van der Waals surface area contributed by atoms with E-state index in [9.17, 15) is 4.79 Å². The first kappa shape index (κ1) is 17.0. The van der Waals surface area contributed by atoms with E-state index in [0.717, 1.165) is 24.4 Å². The first-order valence-corrected chi connectivity index (χ1v) is 9.42. The monoisotopic (exact) mass is 380 g/mol. The SMILES string of the molecule is O=c1[nH]cccc1-c1nc(C2CCOCC2)nn1-c1ccc2c(c1)OCCO2. The largest absolute Gasteiger partial charge is 0.486 e. The molecule has 8 nitrogen and oxygen atoms in total. The lowest BCUT2D eigenvalue weighted by Gasteiger charge is -2.19.